The van der Waals surface area contributed by atoms with Gasteiger partial charge in [-0.3, -0.25) is 4.79 Å². The van der Waals surface area contributed by atoms with Gasteiger partial charge in [-0.15, -0.1) is 0 Å². The average molecular weight is 465 g/mol. The molecule has 1 aromatic carbocycles. The molecule has 1 aromatic heterocycles. The van der Waals surface area contributed by atoms with Gasteiger partial charge in [0.05, 0.1) is 21.8 Å². The van der Waals surface area contributed by atoms with Crippen LogP contribution in [0.4, 0.5) is 11.5 Å². The Morgan fingerprint density at radius 3 is 2.13 bits per heavy atom. The highest BCUT2D eigenvalue weighted by atomic mass is 32.2. The van der Waals surface area contributed by atoms with Crippen LogP contribution in [-0.2, 0) is 24.8 Å². The van der Waals surface area contributed by atoms with Gasteiger partial charge in [0.2, 0.25) is 26.0 Å². The fourth-order valence-corrected chi connectivity index (χ4v) is 7.39. The van der Waals surface area contributed by atoms with E-state index in [1.807, 2.05) is 23.1 Å². The molecule has 3 heterocycles. The third-order valence-corrected chi connectivity index (χ3v) is 9.44. The van der Waals surface area contributed by atoms with Gasteiger partial charge in [-0.25, -0.2) is 26.1 Å². The molecular weight excluding hydrogens is 440 g/mol. The number of pyridine rings is 1. The molecule has 31 heavy (non-hydrogen) atoms. The summed E-state index contributed by atoms with van der Waals surface area (Å²) in [6.45, 7) is 4.82. The minimum atomic E-state index is -3.79. The topological polar surface area (TPSA) is 108 Å². The standard InChI is InChI=1S/C20H24N4O5S2/c1-20(2)15-30(26,27)24(19(20)25)16-6-8-17(9-7-16)31(28,29)23-13-11-22(12-14-23)18-5-3-4-10-21-18/h3-10H,11-15H2,1-2H3. The predicted molar refractivity (Wildman–Crippen MR) is 117 cm³/mol. The molecule has 1 amide bonds. The Kier molecular flexibility index (Phi) is 5.31. The van der Waals surface area contributed by atoms with Crippen molar-refractivity contribution in [3.63, 3.8) is 0 Å². The van der Waals surface area contributed by atoms with E-state index < -0.39 is 31.4 Å². The largest absolute Gasteiger partial charge is 0.354 e. The summed E-state index contributed by atoms with van der Waals surface area (Å²) in [6.07, 6.45) is 1.70. The Morgan fingerprint density at radius 2 is 1.61 bits per heavy atom. The number of nitrogens with zero attached hydrogens (tertiary/aromatic N) is 4. The lowest BCUT2D eigenvalue weighted by Gasteiger charge is -2.34. The number of aromatic nitrogens is 1. The lowest BCUT2D eigenvalue weighted by atomic mass is 9.95. The van der Waals surface area contributed by atoms with E-state index in [0.29, 0.717) is 26.2 Å². The van der Waals surface area contributed by atoms with Crippen LogP contribution in [-0.4, -0.2) is 64.0 Å². The number of amides is 1. The number of benzene rings is 1. The Labute approximate surface area is 182 Å². The molecule has 166 valence electrons. The molecule has 11 heteroatoms. The zero-order chi connectivity index (χ0) is 22.4. The minimum Gasteiger partial charge on any atom is -0.354 e. The van der Waals surface area contributed by atoms with Crippen LogP contribution < -0.4 is 9.21 Å². The summed E-state index contributed by atoms with van der Waals surface area (Å²) in [6, 6.07) is 11.0. The third kappa shape index (κ3) is 3.92. The molecule has 0 bridgehead atoms. The second-order valence-electron chi connectivity index (χ2n) is 8.28. The van der Waals surface area contributed by atoms with Gasteiger partial charge in [-0.2, -0.15) is 4.31 Å². The number of piperazine rings is 1. The summed E-state index contributed by atoms with van der Waals surface area (Å²) in [5.74, 6) is 0.0106. The molecule has 0 aliphatic carbocycles. The molecule has 2 aliphatic rings. The van der Waals surface area contributed by atoms with Crippen LogP contribution in [0.3, 0.4) is 0 Å². The molecule has 0 radical (unpaired) electrons. The van der Waals surface area contributed by atoms with E-state index >= 15 is 0 Å². The lowest BCUT2D eigenvalue weighted by Crippen LogP contribution is -2.48. The number of hydrogen-bond acceptors (Lipinski definition) is 7. The minimum absolute atomic E-state index is 0.0610. The zero-order valence-corrected chi connectivity index (χ0v) is 18.9. The molecule has 4 rings (SSSR count). The molecule has 2 fully saturated rings. The van der Waals surface area contributed by atoms with Crippen LogP contribution in [0.2, 0.25) is 0 Å². The second kappa shape index (κ2) is 7.57. The van der Waals surface area contributed by atoms with Gasteiger partial charge in [0.1, 0.15) is 5.82 Å². The van der Waals surface area contributed by atoms with Crippen molar-refractivity contribution in [2.75, 3.05) is 41.1 Å². The first-order valence-corrected chi connectivity index (χ1v) is 12.9. The summed E-state index contributed by atoms with van der Waals surface area (Å²) in [4.78, 5) is 18.9. The molecule has 9 nitrogen and oxygen atoms in total. The van der Waals surface area contributed by atoms with E-state index in [4.69, 9.17) is 0 Å². The molecule has 0 unspecified atom stereocenters. The van der Waals surface area contributed by atoms with Gasteiger partial charge in [-0.05, 0) is 50.2 Å². The Balaban J connectivity index is 1.51. The van der Waals surface area contributed by atoms with Crippen molar-refractivity contribution in [1.82, 2.24) is 9.29 Å². The SMILES string of the molecule is CC1(C)CS(=O)(=O)N(c2ccc(S(=O)(=O)N3CCN(c4ccccn4)CC3)cc2)C1=O. The zero-order valence-electron chi connectivity index (χ0n) is 17.3. The number of anilines is 2. The molecule has 0 saturated carbocycles. The van der Waals surface area contributed by atoms with Gasteiger partial charge in [-0.1, -0.05) is 6.07 Å². The van der Waals surface area contributed by atoms with Gasteiger partial charge in [0.15, 0.2) is 0 Å². The van der Waals surface area contributed by atoms with Crippen molar-refractivity contribution in [3.05, 3.63) is 48.7 Å². The van der Waals surface area contributed by atoms with Crippen LogP contribution in [0.1, 0.15) is 13.8 Å². The van der Waals surface area contributed by atoms with Crippen LogP contribution in [0.5, 0.6) is 0 Å². The quantitative estimate of drug-likeness (QED) is 0.671. The van der Waals surface area contributed by atoms with Crippen LogP contribution in [0.25, 0.3) is 0 Å². The van der Waals surface area contributed by atoms with Gasteiger partial charge in [0.25, 0.3) is 0 Å². The van der Waals surface area contributed by atoms with E-state index in [9.17, 15) is 21.6 Å². The molecule has 2 aliphatic heterocycles. The lowest BCUT2D eigenvalue weighted by molar-refractivity contribution is -0.123. The van der Waals surface area contributed by atoms with Crippen molar-refractivity contribution in [2.45, 2.75) is 18.7 Å². The molecule has 0 atom stereocenters. The average Bonchev–Trinajstić information content (AvgIpc) is 2.91. The van der Waals surface area contributed by atoms with Crippen molar-refractivity contribution in [2.24, 2.45) is 5.41 Å². The molecular formula is C20H24N4O5S2. The molecule has 0 N–H and O–H groups in total. The first kappa shape index (κ1) is 21.7. The number of rotatable bonds is 4. The molecule has 2 saturated heterocycles. The first-order valence-electron chi connectivity index (χ1n) is 9.86. The summed E-state index contributed by atoms with van der Waals surface area (Å²) >= 11 is 0. The Morgan fingerprint density at radius 1 is 0.968 bits per heavy atom. The summed E-state index contributed by atoms with van der Waals surface area (Å²) in [5, 5.41) is 0. The number of carbonyl (C=O) groups is 1. The molecule has 2 aromatic rings. The van der Waals surface area contributed by atoms with E-state index in [-0.39, 0.29) is 16.3 Å². The highest BCUT2D eigenvalue weighted by Gasteiger charge is 2.49. The van der Waals surface area contributed by atoms with Crippen molar-refractivity contribution < 1.29 is 21.6 Å². The maximum Gasteiger partial charge on any atom is 0.247 e. The highest BCUT2D eigenvalue weighted by Crippen LogP contribution is 2.36. The number of hydrogen-bond donors (Lipinski definition) is 0. The third-order valence-electron chi connectivity index (χ3n) is 5.51. The molecule has 0 spiro atoms. The van der Waals surface area contributed by atoms with Crippen LogP contribution >= 0.6 is 0 Å². The maximum atomic E-state index is 13.1. The van der Waals surface area contributed by atoms with Crippen LogP contribution in [0, 0.1) is 5.41 Å². The Bertz CT molecular complexity index is 1190. The van der Waals surface area contributed by atoms with Crippen molar-refractivity contribution >= 4 is 37.5 Å². The number of sulfonamides is 2. The highest BCUT2D eigenvalue weighted by molar-refractivity contribution is 7.94. The summed E-state index contributed by atoms with van der Waals surface area (Å²) in [7, 11) is -7.53. The fourth-order valence-electron chi connectivity index (χ4n) is 3.86. The summed E-state index contributed by atoms with van der Waals surface area (Å²) in [5.41, 5.74) is -0.869. The normalized spacial score (nSPS) is 21.4. The Hall–Kier alpha value is -2.50. The van der Waals surface area contributed by atoms with Crippen molar-refractivity contribution in [3.8, 4) is 0 Å². The second-order valence-corrected chi connectivity index (χ2v) is 12.0. The van der Waals surface area contributed by atoms with Gasteiger partial charge in [0, 0.05) is 32.4 Å². The van der Waals surface area contributed by atoms with E-state index in [1.165, 1.54) is 28.6 Å². The van der Waals surface area contributed by atoms with Gasteiger partial charge >= 0.3 is 0 Å². The van der Waals surface area contributed by atoms with E-state index in [0.717, 1.165) is 10.1 Å². The van der Waals surface area contributed by atoms with E-state index in [1.54, 1.807) is 20.0 Å². The van der Waals surface area contributed by atoms with Gasteiger partial charge < -0.3 is 4.90 Å². The number of carbonyl (C=O) groups excluding carboxylic acids is 1. The van der Waals surface area contributed by atoms with Crippen LogP contribution in [0.15, 0.2) is 53.6 Å². The smallest absolute Gasteiger partial charge is 0.247 e. The van der Waals surface area contributed by atoms with E-state index in [2.05, 4.69) is 4.98 Å². The monoisotopic (exact) mass is 464 g/mol. The predicted octanol–water partition coefficient (Wildman–Crippen LogP) is 1.30. The first-order chi connectivity index (χ1) is 14.5. The fraction of sp³-hybridized carbons (Fsp3) is 0.400. The maximum absolute atomic E-state index is 13.1. The van der Waals surface area contributed by atoms with Crippen molar-refractivity contribution in [1.29, 1.82) is 0 Å². The summed E-state index contributed by atoms with van der Waals surface area (Å²) < 4.78 is 53.1.